The first-order valence-electron chi connectivity index (χ1n) is 5.38. The van der Waals surface area contributed by atoms with E-state index in [1.807, 2.05) is 12.1 Å². The fraction of sp³-hybridized carbons (Fsp3) is 0.636. The standard InChI is InChI=1S/C11H16BrNO2/c12-11-5-4-10(15-11)7-13-6-2-1-3-9(13)8-14/h4-5,9,14H,1-3,6-8H2. The van der Waals surface area contributed by atoms with E-state index in [2.05, 4.69) is 20.8 Å². The quantitative estimate of drug-likeness (QED) is 0.919. The first kappa shape index (κ1) is 11.2. The first-order valence-corrected chi connectivity index (χ1v) is 6.18. The van der Waals surface area contributed by atoms with Crippen LogP contribution in [-0.2, 0) is 6.54 Å². The van der Waals surface area contributed by atoms with Crippen molar-refractivity contribution in [2.24, 2.45) is 0 Å². The molecule has 1 fully saturated rings. The van der Waals surface area contributed by atoms with Crippen molar-refractivity contribution in [3.8, 4) is 0 Å². The Labute approximate surface area is 98.2 Å². The lowest BCUT2D eigenvalue weighted by molar-refractivity contribution is 0.0780. The number of rotatable bonds is 3. The molecule has 0 aromatic carbocycles. The molecule has 0 saturated carbocycles. The summed E-state index contributed by atoms with van der Waals surface area (Å²) in [6, 6.07) is 4.20. The van der Waals surface area contributed by atoms with Crippen LogP contribution in [0.3, 0.4) is 0 Å². The average molecular weight is 274 g/mol. The van der Waals surface area contributed by atoms with Gasteiger partial charge in [0.1, 0.15) is 5.76 Å². The normalized spacial score (nSPS) is 23.2. The van der Waals surface area contributed by atoms with E-state index in [0.29, 0.717) is 6.04 Å². The third-order valence-electron chi connectivity index (χ3n) is 2.95. The molecule has 2 rings (SSSR count). The van der Waals surface area contributed by atoms with Gasteiger partial charge in [-0.3, -0.25) is 4.90 Å². The van der Waals surface area contributed by atoms with Crippen LogP contribution in [-0.4, -0.2) is 29.2 Å². The summed E-state index contributed by atoms with van der Waals surface area (Å²) >= 11 is 3.29. The maximum Gasteiger partial charge on any atom is 0.169 e. The number of furan rings is 1. The molecule has 3 nitrogen and oxygen atoms in total. The van der Waals surface area contributed by atoms with E-state index in [4.69, 9.17) is 4.42 Å². The second-order valence-corrected chi connectivity index (χ2v) is 4.79. The predicted octanol–water partition coefficient (Wildman–Crippen LogP) is 2.39. The van der Waals surface area contributed by atoms with Crippen LogP contribution in [0.1, 0.15) is 25.0 Å². The number of aliphatic hydroxyl groups excluding tert-OH is 1. The van der Waals surface area contributed by atoms with Gasteiger partial charge < -0.3 is 9.52 Å². The van der Waals surface area contributed by atoms with Crippen molar-refractivity contribution in [2.45, 2.75) is 31.8 Å². The van der Waals surface area contributed by atoms with Crippen LogP contribution in [0.4, 0.5) is 0 Å². The lowest BCUT2D eigenvalue weighted by atomic mass is 10.0. The number of hydrogen-bond donors (Lipinski definition) is 1. The lowest BCUT2D eigenvalue weighted by Gasteiger charge is -2.33. The van der Waals surface area contributed by atoms with Crippen LogP contribution < -0.4 is 0 Å². The monoisotopic (exact) mass is 273 g/mol. The van der Waals surface area contributed by atoms with Crippen molar-refractivity contribution in [3.05, 3.63) is 22.6 Å². The summed E-state index contributed by atoms with van der Waals surface area (Å²) < 4.78 is 6.25. The number of hydrogen-bond acceptors (Lipinski definition) is 3. The van der Waals surface area contributed by atoms with Crippen LogP contribution >= 0.6 is 15.9 Å². The molecule has 1 aliphatic rings. The van der Waals surface area contributed by atoms with Crippen LogP contribution in [0.5, 0.6) is 0 Å². The first-order chi connectivity index (χ1) is 7.29. The van der Waals surface area contributed by atoms with Crippen LogP contribution in [0, 0.1) is 0 Å². The van der Waals surface area contributed by atoms with Crippen molar-refractivity contribution in [1.29, 1.82) is 0 Å². The molecule has 0 bridgehead atoms. The zero-order valence-corrected chi connectivity index (χ0v) is 10.2. The fourth-order valence-electron chi connectivity index (χ4n) is 2.11. The molecule has 2 heterocycles. The molecule has 1 aromatic rings. The highest BCUT2D eigenvalue weighted by molar-refractivity contribution is 9.10. The zero-order chi connectivity index (χ0) is 10.7. The topological polar surface area (TPSA) is 36.6 Å². The number of piperidine rings is 1. The highest BCUT2D eigenvalue weighted by Crippen LogP contribution is 2.21. The van der Waals surface area contributed by atoms with Crippen molar-refractivity contribution in [3.63, 3.8) is 0 Å². The summed E-state index contributed by atoms with van der Waals surface area (Å²) in [6.07, 6.45) is 3.54. The molecular formula is C11H16BrNO2. The molecule has 1 aliphatic heterocycles. The Balaban J connectivity index is 1.97. The second-order valence-electron chi connectivity index (χ2n) is 4.01. The minimum Gasteiger partial charge on any atom is -0.453 e. The minimum absolute atomic E-state index is 0.252. The second kappa shape index (κ2) is 5.14. The molecule has 0 amide bonds. The minimum atomic E-state index is 0.252. The molecule has 1 aromatic heterocycles. The van der Waals surface area contributed by atoms with Gasteiger partial charge in [0.05, 0.1) is 13.2 Å². The summed E-state index contributed by atoms with van der Waals surface area (Å²) in [7, 11) is 0. The highest BCUT2D eigenvalue weighted by atomic mass is 79.9. The van der Waals surface area contributed by atoms with Crippen LogP contribution in [0.15, 0.2) is 21.2 Å². The smallest absolute Gasteiger partial charge is 0.169 e. The Kier molecular flexibility index (Phi) is 3.83. The molecule has 1 unspecified atom stereocenters. The average Bonchev–Trinajstić information content (AvgIpc) is 2.65. The number of aliphatic hydroxyl groups is 1. The Hall–Kier alpha value is -0.320. The van der Waals surface area contributed by atoms with Crippen molar-refractivity contribution >= 4 is 15.9 Å². The molecule has 84 valence electrons. The van der Waals surface area contributed by atoms with Crippen LogP contribution in [0.25, 0.3) is 0 Å². The number of nitrogens with zero attached hydrogens (tertiary/aromatic N) is 1. The van der Waals surface area contributed by atoms with Crippen molar-refractivity contribution < 1.29 is 9.52 Å². The third kappa shape index (κ3) is 2.83. The van der Waals surface area contributed by atoms with Gasteiger partial charge in [-0.15, -0.1) is 0 Å². The Bertz CT molecular complexity index is 313. The van der Waals surface area contributed by atoms with E-state index in [9.17, 15) is 5.11 Å². The maximum atomic E-state index is 9.26. The molecule has 1 atom stereocenters. The molecule has 0 radical (unpaired) electrons. The summed E-state index contributed by atoms with van der Waals surface area (Å²) in [5.41, 5.74) is 0. The van der Waals surface area contributed by atoms with Gasteiger partial charge in [0.15, 0.2) is 4.67 Å². The summed E-state index contributed by atoms with van der Waals surface area (Å²) in [5, 5.41) is 9.26. The van der Waals surface area contributed by atoms with E-state index in [-0.39, 0.29) is 6.61 Å². The number of likely N-dealkylation sites (tertiary alicyclic amines) is 1. The molecule has 1 N–H and O–H groups in total. The largest absolute Gasteiger partial charge is 0.453 e. The predicted molar refractivity (Wildman–Crippen MR) is 61.5 cm³/mol. The Morgan fingerprint density at radius 3 is 3.00 bits per heavy atom. The van der Waals surface area contributed by atoms with E-state index in [0.717, 1.165) is 29.9 Å². The molecule has 1 saturated heterocycles. The van der Waals surface area contributed by atoms with E-state index in [1.165, 1.54) is 12.8 Å². The number of halogens is 1. The van der Waals surface area contributed by atoms with Crippen molar-refractivity contribution in [1.82, 2.24) is 4.90 Å². The summed E-state index contributed by atoms with van der Waals surface area (Å²) in [5.74, 6) is 0.960. The Morgan fingerprint density at radius 1 is 1.47 bits per heavy atom. The molecular weight excluding hydrogens is 258 g/mol. The van der Waals surface area contributed by atoms with E-state index < -0.39 is 0 Å². The highest BCUT2D eigenvalue weighted by Gasteiger charge is 2.22. The van der Waals surface area contributed by atoms with Crippen molar-refractivity contribution in [2.75, 3.05) is 13.2 Å². The maximum absolute atomic E-state index is 9.26. The van der Waals surface area contributed by atoms with Gasteiger partial charge >= 0.3 is 0 Å². The summed E-state index contributed by atoms with van der Waals surface area (Å²) in [4.78, 5) is 2.30. The van der Waals surface area contributed by atoms with E-state index >= 15 is 0 Å². The van der Waals surface area contributed by atoms with Gasteiger partial charge in [0.2, 0.25) is 0 Å². The zero-order valence-electron chi connectivity index (χ0n) is 8.66. The third-order valence-corrected chi connectivity index (χ3v) is 3.37. The van der Waals surface area contributed by atoms with Gasteiger partial charge in [0.25, 0.3) is 0 Å². The van der Waals surface area contributed by atoms with Crippen LogP contribution in [0.2, 0.25) is 0 Å². The molecule has 0 aliphatic carbocycles. The Morgan fingerprint density at radius 2 is 2.33 bits per heavy atom. The van der Waals surface area contributed by atoms with Gasteiger partial charge in [-0.25, -0.2) is 0 Å². The molecule has 15 heavy (non-hydrogen) atoms. The molecule has 0 spiro atoms. The fourth-order valence-corrected chi connectivity index (χ4v) is 2.45. The van der Waals surface area contributed by atoms with Gasteiger partial charge in [-0.05, 0) is 47.4 Å². The van der Waals surface area contributed by atoms with E-state index in [1.54, 1.807) is 0 Å². The molecule has 4 heteroatoms. The van der Waals surface area contributed by atoms with Gasteiger partial charge in [0, 0.05) is 6.04 Å². The SMILES string of the molecule is OCC1CCCCN1Cc1ccc(Br)o1. The van der Waals surface area contributed by atoms with Gasteiger partial charge in [-0.2, -0.15) is 0 Å². The lowest BCUT2D eigenvalue weighted by Crippen LogP contribution is -2.41. The van der Waals surface area contributed by atoms with Gasteiger partial charge in [-0.1, -0.05) is 6.42 Å². The summed E-state index contributed by atoms with van der Waals surface area (Å²) in [6.45, 7) is 2.11.